The van der Waals surface area contributed by atoms with E-state index in [1.165, 1.54) is 13.2 Å². The van der Waals surface area contributed by atoms with Crippen molar-refractivity contribution in [2.75, 3.05) is 13.7 Å². The Morgan fingerprint density at radius 1 is 1.61 bits per heavy atom. The predicted molar refractivity (Wildman–Crippen MR) is 64.4 cm³/mol. The average molecular weight is 274 g/mol. The number of rotatable bonds is 3. The second-order valence-corrected chi connectivity index (χ2v) is 4.65. The maximum atomic E-state index is 13.9. The maximum Gasteiger partial charge on any atom is 0.307 e. The van der Waals surface area contributed by atoms with Gasteiger partial charge in [0.2, 0.25) is 0 Å². The van der Waals surface area contributed by atoms with E-state index in [1.807, 2.05) is 0 Å². The first-order chi connectivity index (χ1) is 8.52. The van der Waals surface area contributed by atoms with E-state index in [0.29, 0.717) is 24.3 Å². The van der Waals surface area contributed by atoms with Crippen molar-refractivity contribution < 1.29 is 19.0 Å². The van der Waals surface area contributed by atoms with Crippen LogP contribution in [0.5, 0.6) is 5.75 Å². The predicted octanol–water partition coefficient (Wildman–Crippen LogP) is 2.22. The Hall–Kier alpha value is -1.33. The lowest BCUT2D eigenvalue weighted by atomic mass is 9.99. The normalized spacial score (nSPS) is 23.1. The van der Waals surface area contributed by atoms with Crippen molar-refractivity contribution in [1.29, 1.82) is 0 Å². The van der Waals surface area contributed by atoms with E-state index in [4.69, 9.17) is 21.4 Å². The number of methoxy groups -OCH3 is 1. The molecule has 0 bridgehead atoms. The molecule has 0 amide bonds. The molecular formula is C12H13ClFNO3. The van der Waals surface area contributed by atoms with Gasteiger partial charge in [0.25, 0.3) is 0 Å². The van der Waals surface area contributed by atoms with Gasteiger partial charge in [-0.15, -0.1) is 0 Å². The fourth-order valence-electron chi connectivity index (χ4n) is 2.12. The van der Waals surface area contributed by atoms with Gasteiger partial charge in [-0.1, -0.05) is 11.6 Å². The third kappa shape index (κ3) is 2.42. The summed E-state index contributed by atoms with van der Waals surface area (Å²) in [5, 5.41) is 11.9. The fourth-order valence-corrected chi connectivity index (χ4v) is 2.33. The number of carboxylic acids is 1. The van der Waals surface area contributed by atoms with Gasteiger partial charge >= 0.3 is 5.97 Å². The molecule has 0 spiro atoms. The molecule has 0 aromatic heterocycles. The minimum absolute atomic E-state index is 0.0232. The maximum absolute atomic E-state index is 13.9. The van der Waals surface area contributed by atoms with Gasteiger partial charge in [-0.3, -0.25) is 4.79 Å². The SMILES string of the molecule is COc1cc(Cl)c(F)c(C2CC(C(=O)O)CN2)c1. The van der Waals surface area contributed by atoms with E-state index in [1.54, 1.807) is 6.07 Å². The smallest absolute Gasteiger partial charge is 0.307 e. The Labute approximate surface area is 109 Å². The van der Waals surface area contributed by atoms with Gasteiger partial charge < -0.3 is 15.2 Å². The van der Waals surface area contributed by atoms with E-state index >= 15 is 0 Å². The molecule has 1 aliphatic rings. The largest absolute Gasteiger partial charge is 0.497 e. The van der Waals surface area contributed by atoms with Gasteiger partial charge in [-0.05, 0) is 12.5 Å². The van der Waals surface area contributed by atoms with Crippen LogP contribution in [0.2, 0.25) is 5.02 Å². The average Bonchev–Trinajstić information content (AvgIpc) is 2.82. The monoisotopic (exact) mass is 273 g/mol. The first-order valence-corrected chi connectivity index (χ1v) is 5.90. The quantitative estimate of drug-likeness (QED) is 0.887. The molecule has 2 atom stereocenters. The highest BCUT2D eigenvalue weighted by Crippen LogP contribution is 2.34. The highest BCUT2D eigenvalue weighted by molar-refractivity contribution is 6.31. The zero-order valence-corrected chi connectivity index (χ0v) is 10.5. The Morgan fingerprint density at radius 3 is 2.89 bits per heavy atom. The number of halogens is 2. The minimum Gasteiger partial charge on any atom is -0.497 e. The van der Waals surface area contributed by atoms with E-state index in [9.17, 15) is 9.18 Å². The Bertz CT molecular complexity index is 481. The molecule has 1 heterocycles. The summed E-state index contributed by atoms with van der Waals surface area (Å²) in [4.78, 5) is 10.9. The van der Waals surface area contributed by atoms with Gasteiger partial charge in [0.15, 0.2) is 0 Å². The Morgan fingerprint density at radius 2 is 2.33 bits per heavy atom. The topological polar surface area (TPSA) is 58.6 Å². The summed E-state index contributed by atoms with van der Waals surface area (Å²) in [6.07, 6.45) is 0.343. The van der Waals surface area contributed by atoms with Gasteiger partial charge in [0.1, 0.15) is 11.6 Å². The van der Waals surface area contributed by atoms with Crippen LogP contribution in [0, 0.1) is 11.7 Å². The molecule has 1 aliphatic heterocycles. The van der Waals surface area contributed by atoms with E-state index in [0.717, 1.165) is 0 Å². The van der Waals surface area contributed by atoms with Crippen molar-refractivity contribution in [3.05, 3.63) is 28.5 Å². The highest BCUT2D eigenvalue weighted by Gasteiger charge is 2.32. The number of ether oxygens (including phenoxy) is 1. The second kappa shape index (κ2) is 5.12. The van der Waals surface area contributed by atoms with Gasteiger partial charge in [0, 0.05) is 24.2 Å². The summed E-state index contributed by atoms with van der Waals surface area (Å²) in [7, 11) is 1.47. The standard InChI is InChI=1S/C12H13ClFNO3/c1-18-7-3-8(11(14)9(13)4-7)10-2-6(5-15-10)12(16)17/h3-4,6,10,15H,2,5H2,1H3,(H,16,17). The molecule has 1 aromatic rings. The molecule has 98 valence electrons. The Balaban J connectivity index is 2.29. The molecular weight excluding hydrogens is 261 g/mol. The molecule has 2 unspecified atom stereocenters. The first-order valence-electron chi connectivity index (χ1n) is 5.52. The summed E-state index contributed by atoms with van der Waals surface area (Å²) in [5.41, 5.74) is 0.350. The van der Waals surface area contributed by atoms with Crippen molar-refractivity contribution >= 4 is 17.6 Å². The van der Waals surface area contributed by atoms with Crippen LogP contribution in [-0.4, -0.2) is 24.7 Å². The number of hydrogen-bond donors (Lipinski definition) is 2. The summed E-state index contributed by atoms with van der Waals surface area (Å²) in [5.74, 6) is -1.45. The number of aliphatic carboxylic acids is 1. The highest BCUT2D eigenvalue weighted by atomic mass is 35.5. The molecule has 6 heteroatoms. The fraction of sp³-hybridized carbons (Fsp3) is 0.417. The molecule has 2 N–H and O–H groups in total. The summed E-state index contributed by atoms with van der Waals surface area (Å²) >= 11 is 5.78. The van der Waals surface area contributed by atoms with Crippen molar-refractivity contribution in [2.24, 2.45) is 5.92 Å². The number of hydrogen-bond acceptors (Lipinski definition) is 3. The van der Waals surface area contributed by atoms with Crippen molar-refractivity contribution in [3.8, 4) is 5.75 Å². The third-order valence-corrected chi connectivity index (χ3v) is 3.40. The van der Waals surface area contributed by atoms with Crippen molar-refractivity contribution in [1.82, 2.24) is 5.32 Å². The first kappa shape index (κ1) is 13.1. The van der Waals surface area contributed by atoms with E-state index in [2.05, 4.69) is 5.32 Å². The van der Waals surface area contributed by atoms with Gasteiger partial charge in [-0.25, -0.2) is 4.39 Å². The summed E-state index contributed by atoms with van der Waals surface area (Å²) in [6.45, 7) is 0.328. The zero-order valence-electron chi connectivity index (χ0n) is 9.74. The number of carboxylic acid groups (broad SMARTS) is 1. The van der Waals surface area contributed by atoms with Crippen LogP contribution in [0.1, 0.15) is 18.0 Å². The van der Waals surface area contributed by atoms with Crippen LogP contribution in [0.3, 0.4) is 0 Å². The van der Waals surface area contributed by atoms with Crippen LogP contribution in [-0.2, 0) is 4.79 Å². The van der Waals surface area contributed by atoms with Crippen LogP contribution in [0.4, 0.5) is 4.39 Å². The molecule has 0 saturated carbocycles. The molecule has 18 heavy (non-hydrogen) atoms. The minimum atomic E-state index is -0.876. The molecule has 1 fully saturated rings. The second-order valence-electron chi connectivity index (χ2n) is 4.24. The van der Waals surface area contributed by atoms with Crippen LogP contribution >= 0.6 is 11.6 Å². The summed E-state index contributed by atoms with van der Waals surface area (Å²) in [6, 6.07) is 2.59. The lowest BCUT2D eigenvalue weighted by Gasteiger charge is -2.14. The summed E-state index contributed by atoms with van der Waals surface area (Å²) < 4.78 is 19.0. The van der Waals surface area contributed by atoms with Crippen molar-refractivity contribution in [3.63, 3.8) is 0 Å². The molecule has 0 aliphatic carbocycles. The molecule has 1 saturated heterocycles. The van der Waals surface area contributed by atoms with Crippen LogP contribution < -0.4 is 10.1 Å². The Kier molecular flexibility index (Phi) is 3.73. The molecule has 2 rings (SSSR count). The molecule has 1 aromatic carbocycles. The number of nitrogens with one attached hydrogen (secondary N) is 1. The van der Waals surface area contributed by atoms with Crippen LogP contribution in [0.25, 0.3) is 0 Å². The zero-order chi connectivity index (χ0) is 13.3. The molecule has 0 radical (unpaired) electrons. The van der Waals surface area contributed by atoms with Gasteiger partial charge in [-0.2, -0.15) is 0 Å². The lowest BCUT2D eigenvalue weighted by molar-refractivity contribution is -0.141. The number of benzene rings is 1. The third-order valence-electron chi connectivity index (χ3n) is 3.12. The number of carbonyl (C=O) groups is 1. The lowest BCUT2D eigenvalue weighted by Crippen LogP contribution is -2.17. The van der Waals surface area contributed by atoms with E-state index in [-0.39, 0.29) is 11.1 Å². The van der Waals surface area contributed by atoms with E-state index < -0.39 is 17.7 Å². The van der Waals surface area contributed by atoms with Crippen molar-refractivity contribution in [2.45, 2.75) is 12.5 Å². The molecule has 4 nitrogen and oxygen atoms in total. The van der Waals surface area contributed by atoms with Gasteiger partial charge in [0.05, 0.1) is 18.1 Å². The van der Waals surface area contributed by atoms with Crippen LogP contribution in [0.15, 0.2) is 12.1 Å².